The topological polar surface area (TPSA) is 78.9 Å². The molecule has 6 nitrogen and oxygen atoms in total. The van der Waals surface area contributed by atoms with Crippen LogP contribution in [-0.2, 0) is 9.59 Å². The second-order valence-corrected chi connectivity index (χ2v) is 9.49. The number of carbonyl (C=O) groups excluding carboxylic acids is 2. The number of amides is 2. The molecule has 2 aliphatic heterocycles. The Labute approximate surface area is 215 Å². The minimum Gasteiger partial charge on any atom is -0.493 e. The Balaban J connectivity index is 0.00000186. The number of carbonyl (C=O) groups is 2. The second kappa shape index (κ2) is 12.4. The lowest BCUT2D eigenvalue weighted by Crippen LogP contribution is -2.54. The Morgan fingerprint density at radius 1 is 1.11 bits per heavy atom. The molecule has 2 atom stereocenters. The van der Waals surface area contributed by atoms with Crippen LogP contribution in [0.15, 0.2) is 54.6 Å². The van der Waals surface area contributed by atoms with Gasteiger partial charge in [-0.05, 0) is 41.9 Å². The summed E-state index contributed by atoms with van der Waals surface area (Å²) in [6.45, 7) is 3.40. The molecule has 2 aliphatic rings. The summed E-state index contributed by atoms with van der Waals surface area (Å²) in [6.07, 6.45) is -2.63. The lowest BCUT2D eigenvalue weighted by molar-refractivity contribution is -0.173. The van der Waals surface area contributed by atoms with E-state index >= 15 is 0 Å². The van der Waals surface area contributed by atoms with Crippen molar-refractivity contribution in [2.24, 2.45) is 5.41 Å². The summed E-state index contributed by atoms with van der Waals surface area (Å²) in [5, 5.41) is 9.96. The van der Waals surface area contributed by atoms with Crippen molar-refractivity contribution in [1.82, 2.24) is 10.2 Å². The Hall–Kier alpha value is -3.07. The third-order valence-electron chi connectivity index (χ3n) is 7.29. The van der Waals surface area contributed by atoms with Crippen LogP contribution in [0.1, 0.15) is 55.6 Å². The standard InChI is InChI=1S/C27H31F3N2O3.CH4O/c1-2-16-35-22-11-7-6-10-20(22)21-18-31-23(33)17-26(21)12-14-32(15-13-26)25(34)24(27(28,29)30)19-8-4-3-5-9-19;1-2/h3-11,21,24H,2,12-18H2,1H3,(H,31,33);2H,1H3. The summed E-state index contributed by atoms with van der Waals surface area (Å²) < 4.78 is 47.8. The van der Waals surface area contributed by atoms with Gasteiger partial charge in [-0.15, -0.1) is 0 Å². The molecule has 37 heavy (non-hydrogen) atoms. The average molecular weight is 521 g/mol. The van der Waals surface area contributed by atoms with E-state index in [2.05, 4.69) is 5.32 Å². The molecule has 2 fully saturated rings. The van der Waals surface area contributed by atoms with E-state index in [1.807, 2.05) is 31.2 Å². The molecule has 0 radical (unpaired) electrons. The van der Waals surface area contributed by atoms with Gasteiger partial charge in [0.05, 0.1) is 6.61 Å². The fraction of sp³-hybridized carbons (Fsp3) is 0.500. The number of ether oxygens (including phenoxy) is 1. The minimum atomic E-state index is -4.68. The Bertz CT molecular complexity index is 1040. The van der Waals surface area contributed by atoms with E-state index < -0.39 is 23.4 Å². The van der Waals surface area contributed by atoms with Gasteiger partial charge < -0.3 is 20.1 Å². The van der Waals surface area contributed by atoms with Gasteiger partial charge in [-0.2, -0.15) is 13.2 Å². The van der Waals surface area contributed by atoms with E-state index in [4.69, 9.17) is 9.84 Å². The van der Waals surface area contributed by atoms with Crippen LogP contribution >= 0.6 is 0 Å². The van der Waals surface area contributed by atoms with Crippen molar-refractivity contribution < 1.29 is 32.6 Å². The second-order valence-electron chi connectivity index (χ2n) is 9.49. The van der Waals surface area contributed by atoms with E-state index in [0.717, 1.165) is 24.8 Å². The zero-order valence-electron chi connectivity index (χ0n) is 21.3. The van der Waals surface area contributed by atoms with Crippen LogP contribution in [0.3, 0.4) is 0 Å². The van der Waals surface area contributed by atoms with Gasteiger partial charge in [0.2, 0.25) is 11.8 Å². The summed E-state index contributed by atoms with van der Waals surface area (Å²) >= 11 is 0. The fourth-order valence-corrected chi connectivity index (χ4v) is 5.49. The molecule has 0 saturated carbocycles. The predicted molar refractivity (Wildman–Crippen MR) is 134 cm³/mol. The van der Waals surface area contributed by atoms with Crippen LogP contribution in [0.25, 0.3) is 0 Å². The first-order valence-corrected chi connectivity index (χ1v) is 12.6. The van der Waals surface area contributed by atoms with Gasteiger partial charge in [0.25, 0.3) is 0 Å². The maximum absolute atomic E-state index is 13.9. The normalized spacial score (nSPS) is 19.9. The number of rotatable bonds is 6. The molecule has 2 saturated heterocycles. The zero-order chi connectivity index (χ0) is 27.1. The number of alkyl halides is 3. The largest absolute Gasteiger partial charge is 0.493 e. The molecule has 1 spiro atoms. The van der Waals surface area contributed by atoms with Crippen molar-refractivity contribution in [2.75, 3.05) is 33.4 Å². The molecule has 0 aliphatic carbocycles. The van der Waals surface area contributed by atoms with Crippen LogP contribution in [-0.4, -0.2) is 61.3 Å². The van der Waals surface area contributed by atoms with Gasteiger partial charge in [-0.3, -0.25) is 9.59 Å². The number of hydrogen-bond acceptors (Lipinski definition) is 4. The van der Waals surface area contributed by atoms with Crippen molar-refractivity contribution in [3.8, 4) is 5.75 Å². The van der Waals surface area contributed by atoms with E-state index in [1.165, 1.54) is 29.2 Å². The van der Waals surface area contributed by atoms with Gasteiger partial charge in [0, 0.05) is 39.1 Å². The molecular formula is C28H35F3N2O4. The maximum Gasteiger partial charge on any atom is 0.404 e. The number of hydrogen-bond donors (Lipinski definition) is 2. The number of aliphatic hydroxyl groups excluding tert-OH is 1. The number of nitrogens with one attached hydrogen (secondary N) is 1. The lowest BCUT2D eigenvalue weighted by atomic mass is 9.62. The zero-order valence-corrected chi connectivity index (χ0v) is 21.3. The molecule has 2 unspecified atom stereocenters. The molecule has 2 N–H and O–H groups in total. The molecule has 9 heteroatoms. The van der Waals surface area contributed by atoms with Gasteiger partial charge in [-0.25, -0.2) is 0 Å². The number of piperidine rings is 2. The summed E-state index contributed by atoms with van der Waals surface area (Å²) in [7, 11) is 1.00. The van der Waals surface area contributed by atoms with Gasteiger partial charge in [0.15, 0.2) is 5.92 Å². The first-order chi connectivity index (χ1) is 17.7. The van der Waals surface area contributed by atoms with Gasteiger partial charge >= 0.3 is 6.18 Å². The third kappa shape index (κ3) is 6.44. The Morgan fingerprint density at radius 2 is 1.73 bits per heavy atom. The molecule has 0 aromatic heterocycles. The molecule has 0 bridgehead atoms. The minimum absolute atomic E-state index is 0.0435. The van der Waals surface area contributed by atoms with Crippen LogP contribution < -0.4 is 10.1 Å². The van der Waals surface area contributed by atoms with Crippen molar-refractivity contribution >= 4 is 11.8 Å². The Morgan fingerprint density at radius 3 is 2.35 bits per heavy atom. The van der Waals surface area contributed by atoms with Crippen LogP contribution in [0.2, 0.25) is 0 Å². The number of likely N-dealkylation sites (tertiary alicyclic amines) is 1. The number of aliphatic hydroxyl groups is 1. The average Bonchev–Trinajstić information content (AvgIpc) is 2.89. The van der Waals surface area contributed by atoms with Crippen molar-refractivity contribution in [1.29, 1.82) is 0 Å². The number of nitrogens with zero attached hydrogens (tertiary/aromatic N) is 1. The summed E-state index contributed by atoms with van der Waals surface area (Å²) in [6, 6.07) is 15.1. The molecule has 4 rings (SSSR count). The lowest BCUT2D eigenvalue weighted by Gasteiger charge is -2.49. The smallest absolute Gasteiger partial charge is 0.404 e. The van der Waals surface area contributed by atoms with Gasteiger partial charge in [-0.1, -0.05) is 55.5 Å². The maximum atomic E-state index is 13.9. The van der Waals surface area contributed by atoms with E-state index in [1.54, 1.807) is 6.07 Å². The van der Waals surface area contributed by atoms with Crippen molar-refractivity contribution in [3.63, 3.8) is 0 Å². The molecule has 2 aromatic carbocycles. The van der Waals surface area contributed by atoms with E-state index in [0.29, 0.717) is 26.0 Å². The quantitative estimate of drug-likeness (QED) is 0.582. The first-order valence-electron chi connectivity index (χ1n) is 12.6. The van der Waals surface area contributed by atoms with E-state index in [-0.39, 0.29) is 36.9 Å². The predicted octanol–water partition coefficient (Wildman–Crippen LogP) is 4.64. The highest BCUT2D eigenvalue weighted by atomic mass is 19.4. The molecule has 2 amide bonds. The third-order valence-corrected chi connectivity index (χ3v) is 7.29. The van der Waals surface area contributed by atoms with Gasteiger partial charge in [0.1, 0.15) is 5.75 Å². The fourth-order valence-electron chi connectivity index (χ4n) is 5.49. The molecule has 2 aromatic rings. The monoisotopic (exact) mass is 520 g/mol. The highest BCUT2D eigenvalue weighted by Crippen LogP contribution is 2.51. The molecule has 2 heterocycles. The number of halogens is 3. The van der Waals surface area contributed by atoms with Crippen LogP contribution in [0.4, 0.5) is 13.2 Å². The van der Waals surface area contributed by atoms with Crippen LogP contribution in [0, 0.1) is 5.41 Å². The highest BCUT2D eigenvalue weighted by Gasteiger charge is 2.51. The number of benzene rings is 2. The molecule has 202 valence electrons. The van der Waals surface area contributed by atoms with Crippen molar-refractivity contribution in [3.05, 3.63) is 65.7 Å². The molecular weight excluding hydrogens is 485 g/mol. The Kier molecular flexibility index (Phi) is 9.59. The summed E-state index contributed by atoms with van der Waals surface area (Å²) in [4.78, 5) is 26.9. The van der Waals surface area contributed by atoms with Crippen LogP contribution in [0.5, 0.6) is 5.75 Å². The highest BCUT2D eigenvalue weighted by molar-refractivity contribution is 5.85. The van der Waals surface area contributed by atoms with Crippen molar-refractivity contribution in [2.45, 2.75) is 50.6 Å². The summed E-state index contributed by atoms with van der Waals surface area (Å²) in [5.41, 5.74) is 0.506. The van der Waals surface area contributed by atoms with E-state index in [9.17, 15) is 22.8 Å². The first kappa shape index (κ1) is 28.5. The SMILES string of the molecule is CCCOc1ccccc1C1CNC(=O)CC12CCN(C(=O)C(c1ccccc1)C(F)(F)F)CC2.CO. The number of para-hydroxylation sites is 1. The summed E-state index contributed by atoms with van der Waals surface area (Å²) in [5.74, 6) is -2.45.